The molecule has 0 aliphatic heterocycles. The molecule has 3 atom stereocenters. The van der Waals surface area contributed by atoms with Crippen LogP contribution in [0.2, 0.25) is 0 Å². The number of fused-ring (bicyclic) bond motifs is 2. The fourth-order valence-corrected chi connectivity index (χ4v) is 3.54. The zero-order valence-corrected chi connectivity index (χ0v) is 8.76. The van der Waals surface area contributed by atoms with Crippen LogP contribution in [0.3, 0.4) is 0 Å². The van der Waals surface area contributed by atoms with Crippen LogP contribution >= 0.6 is 0 Å². The minimum Gasteiger partial charge on any atom is -0.353 e. The van der Waals surface area contributed by atoms with Crippen molar-refractivity contribution in [3.8, 4) is 0 Å². The molecule has 0 unspecified atom stereocenters. The summed E-state index contributed by atoms with van der Waals surface area (Å²) in [7, 11) is 0. The Labute approximate surface area is 80.1 Å². The van der Waals surface area contributed by atoms with Crippen LogP contribution in [-0.2, 0) is 4.79 Å². The van der Waals surface area contributed by atoms with E-state index in [2.05, 4.69) is 26.1 Å². The highest BCUT2D eigenvalue weighted by atomic mass is 16.1. The highest BCUT2D eigenvalue weighted by Gasteiger charge is 2.60. The zero-order chi connectivity index (χ0) is 9.69. The predicted molar refractivity (Wildman–Crippen MR) is 52.2 cm³/mol. The van der Waals surface area contributed by atoms with Crippen molar-refractivity contribution in [3.63, 3.8) is 0 Å². The van der Waals surface area contributed by atoms with Crippen molar-refractivity contribution in [2.75, 3.05) is 0 Å². The first-order chi connectivity index (χ1) is 6.02. The molecule has 1 amide bonds. The maximum atomic E-state index is 10.6. The maximum absolute atomic E-state index is 10.6. The second-order valence-corrected chi connectivity index (χ2v) is 5.39. The van der Waals surface area contributed by atoms with Gasteiger partial charge in [0.2, 0.25) is 6.41 Å². The molecule has 2 saturated carbocycles. The summed E-state index contributed by atoms with van der Waals surface area (Å²) in [4.78, 5) is 10.6. The Morgan fingerprint density at radius 3 is 2.31 bits per heavy atom. The third-order valence-electron chi connectivity index (χ3n) is 4.97. The number of hydrogen-bond donors (Lipinski definition) is 1. The van der Waals surface area contributed by atoms with Crippen LogP contribution in [0.4, 0.5) is 0 Å². The van der Waals surface area contributed by atoms with Crippen molar-refractivity contribution in [1.29, 1.82) is 0 Å². The van der Waals surface area contributed by atoms with Gasteiger partial charge < -0.3 is 5.32 Å². The lowest BCUT2D eigenvalue weighted by atomic mass is 9.64. The van der Waals surface area contributed by atoms with Crippen LogP contribution in [0.5, 0.6) is 0 Å². The van der Waals surface area contributed by atoms with Crippen molar-refractivity contribution < 1.29 is 4.79 Å². The summed E-state index contributed by atoms with van der Waals surface area (Å²) < 4.78 is 0. The average Bonchev–Trinajstić information content (AvgIpc) is 2.56. The Morgan fingerprint density at radius 1 is 1.23 bits per heavy atom. The second-order valence-electron chi connectivity index (χ2n) is 5.39. The van der Waals surface area contributed by atoms with Crippen molar-refractivity contribution in [1.82, 2.24) is 5.32 Å². The first-order valence-electron chi connectivity index (χ1n) is 5.23. The van der Waals surface area contributed by atoms with Gasteiger partial charge in [0, 0.05) is 5.54 Å². The van der Waals surface area contributed by atoms with Crippen molar-refractivity contribution in [2.45, 2.75) is 45.6 Å². The quantitative estimate of drug-likeness (QED) is 0.648. The number of nitrogens with one attached hydrogen (secondary N) is 1. The molecule has 1 N–H and O–H groups in total. The minimum atomic E-state index is 0.0394. The number of carbonyl (C=O) groups is 1. The van der Waals surface area contributed by atoms with Gasteiger partial charge in [-0.1, -0.05) is 13.8 Å². The highest BCUT2D eigenvalue weighted by molar-refractivity contribution is 5.49. The zero-order valence-electron chi connectivity index (χ0n) is 8.76. The Kier molecular flexibility index (Phi) is 1.73. The fourth-order valence-electron chi connectivity index (χ4n) is 3.54. The monoisotopic (exact) mass is 181 g/mol. The SMILES string of the molecule is CC1(C)[C@@H]2CC[C@@H](C2)[C@@]1(C)NC=O. The van der Waals surface area contributed by atoms with Gasteiger partial charge in [-0.15, -0.1) is 0 Å². The van der Waals surface area contributed by atoms with E-state index in [0.717, 1.165) is 12.3 Å². The highest BCUT2D eigenvalue weighted by Crippen LogP contribution is 2.61. The van der Waals surface area contributed by atoms with E-state index < -0.39 is 0 Å². The molecule has 0 saturated heterocycles. The van der Waals surface area contributed by atoms with Crippen LogP contribution in [0.15, 0.2) is 0 Å². The second kappa shape index (κ2) is 2.49. The molecule has 0 aromatic heterocycles. The average molecular weight is 181 g/mol. The Morgan fingerprint density at radius 2 is 1.85 bits per heavy atom. The van der Waals surface area contributed by atoms with E-state index in [1.165, 1.54) is 19.3 Å². The topological polar surface area (TPSA) is 29.1 Å². The van der Waals surface area contributed by atoms with E-state index in [4.69, 9.17) is 0 Å². The van der Waals surface area contributed by atoms with Gasteiger partial charge in [-0.2, -0.15) is 0 Å². The summed E-state index contributed by atoms with van der Waals surface area (Å²) in [6.45, 7) is 6.81. The van der Waals surface area contributed by atoms with Gasteiger partial charge in [0.25, 0.3) is 0 Å². The standard InChI is InChI=1S/C11H19NO/c1-10(2)8-4-5-9(6-8)11(10,3)12-7-13/h7-9H,4-6H2,1-3H3,(H,12,13)/t8-,9+,11-/m1/s1. The largest absolute Gasteiger partial charge is 0.353 e. The Bertz CT molecular complexity index is 236. The number of amides is 1. The molecule has 2 bridgehead atoms. The summed E-state index contributed by atoms with van der Waals surface area (Å²) in [5.74, 6) is 1.52. The summed E-state index contributed by atoms with van der Waals surface area (Å²) in [6.07, 6.45) is 4.84. The Balaban J connectivity index is 2.32. The number of rotatable bonds is 2. The van der Waals surface area contributed by atoms with E-state index in [0.29, 0.717) is 5.92 Å². The smallest absolute Gasteiger partial charge is 0.207 e. The lowest BCUT2D eigenvalue weighted by Gasteiger charge is -2.47. The van der Waals surface area contributed by atoms with Gasteiger partial charge in [-0.25, -0.2) is 0 Å². The maximum Gasteiger partial charge on any atom is 0.207 e. The van der Waals surface area contributed by atoms with E-state index in [9.17, 15) is 4.79 Å². The van der Waals surface area contributed by atoms with Crippen LogP contribution in [0.25, 0.3) is 0 Å². The lowest BCUT2D eigenvalue weighted by molar-refractivity contribution is -0.113. The van der Waals surface area contributed by atoms with E-state index in [-0.39, 0.29) is 11.0 Å². The lowest BCUT2D eigenvalue weighted by Crippen LogP contribution is -2.56. The van der Waals surface area contributed by atoms with Crippen molar-refractivity contribution in [2.24, 2.45) is 17.3 Å². The van der Waals surface area contributed by atoms with Gasteiger partial charge in [0.1, 0.15) is 0 Å². The molecule has 74 valence electrons. The molecule has 0 radical (unpaired) electrons. The molecular weight excluding hydrogens is 162 g/mol. The molecule has 2 rings (SSSR count). The molecule has 2 aliphatic carbocycles. The van der Waals surface area contributed by atoms with E-state index in [1.54, 1.807) is 0 Å². The molecule has 2 aliphatic rings. The third-order valence-corrected chi connectivity index (χ3v) is 4.97. The molecule has 0 spiro atoms. The van der Waals surface area contributed by atoms with Gasteiger partial charge in [-0.05, 0) is 43.4 Å². The first-order valence-corrected chi connectivity index (χ1v) is 5.23. The van der Waals surface area contributed by atoms with Gasteiger partial charge in [-0.3, -0.25) is 4.79 Å². The van der Waals surface area contributed by atoms with Gasteiger partial charge >= 0.3 is 0 Å². The molecule has 0 heterocycles. The van der Waals surface area contributed by atoms with Crippen molar-refractivity contribution in [3.05, 3.63) is 0 Å². The molecule has 2 heteroatoms. The predicted octanol–water partition coefficient (Wildman–Crippen LogP) is 1.95. The molecular formula is C11H19NO. The Hall–Kier alpha value is -0.530. The van der Waals surface area contributed by atoms with Crippen LogP contribution in [-0.4, -0.2) is 11.9 Å². The van der Waals surface area contributed by atoms with E-state index >= 15 is 0 Å². The van der Waals surface area contributed by atoms with Crippen LogP contribution in [0, 0.1) is 17.3 Å². The summed E-state index contributed by atoms with van der Waals surface area (Å²) in [5.41, 5.74) is 0.314. The molecule has 0 aromatic carbocycles. The molecule has 0 aromatic rings. The normalized spacial score (nSPS) is 46.4. The van der Waals surface area contributed by atoms with E-state index in [1.807, 2.05) is 0 Å². The summed E-state index contributed by atoms with van der Waals surface area (Å²) >= 11 is 0. The third kappa shape index (κ3) is 0.918. The summed E-state index contributed by atoms with van der Waals surface area (Å²) in [6, 6.07) is 0. The molecule has 2 fully saturated rings. The molecule has 13 heavy (non-hydrogen) atoms. The van der Waals surface area contributed by atoms with Crippen LogP contribution in [0.1, 0.15) is 40.0 Å². The minimum absolute atomic E-state index is 0.0394. The van der Waals surface area contributed by atoms with Crippen LogP contribution < -0.4 is 5.32 Å². The number of hydrogen-bond acceptors (Lipinski definition) is 1. The fraction of sp³-hybridized carbons (Fsp3) is 0.909. The summed E-state index contributed by atoms with van der Waals surface area (Å²) in [5, 5.41) is 3.06. The van der Waals surface area contributed by atoms with Crippen molar-refractivity contribution >= 4 is 6.41 Å². The number of carbonyl (C=O) groups excluding carboxylic acids is 1. The van der Waals surface area contributed by atoms with Gasteiger partial charge in [0.15, 0.2) is 0 Å². The first kappa shape index (κ1) is 9.04. The van der Waals surface area contributed by atoms with Gasteiger partial charge in [0.05, 0.1) is 0 Å². The molecule has 2 nitrogen and oxygen atoms in total.